The third-order valence-corrected chi connectivity index (χ3v) is 6.72. The summed E-state index contributed by atoms with van der Waals surface area (Å²) >= 11 is 0. The summed E-state index contributed by atoms with van der Waals surface area (Å²) in [7, 11) is 3.96. The molecule has 1 aliphatic rings. The average Bonchev–Trinajstić information content (AvgIpc) is 3.49. The molecule has 38 heavy (non-hydrogen) atoms. The van der Waals surface area contributed by atoms with Crippen molar-refractivity contribution in [3.05, 3.63) is 96.3 Å². The maximum Gasteiger partial charge on any atom is 0.230 e. The predicted octanol–water partition coefficient (Wildman–Crippen LogP) is 5.93. The fourth-order valence-corrected chi connectivity index (χ4v) is 4.55. The number of nitrogens with zero attached hydrogens (tertiary/aromatic N) is 4. The van der Waals surface area contributed by atoms with Crippen LogP contribution in [-0.4, -0.2) is 43.2 Å². The zero-order valence-corrected chi connectivity index (χ0v) is 21.8. The molecule has 0 atom stereocenters. The molecule has 1 amide bonds. The predicted molar refractivity (Wildman–Crippen MR) is 151 cm³/mol. The highest BCUT2D eigenvalue weighted by molar-refractivity contribution is 5.95. The van der Waals surface area contributed by atoms with Crippen molar-refractivity contribution in [2.24, 2.45) is 5.92 Å². The number of carbonyl (C=O) groups is 1. The van der Waals surface area contributed by atoms with Gasteiger partial charge >= 0.3 is 0 Å². The molecule has 5 rings (SSSR count). The molecule has 7 heteroatoms. The fraction of sp³-hybridized carbons (Fsp3) is 0.258. The van der Waals surface area contributed by atoms with E-state index in [1.54, 1.807) is 12.5 Å². The number of carbonyl (C=O) groups excluding carboxylic acids is 1. The number of oxazole rings is 1. The molecule has 2 aromatic heterocycles. The minimum Gasteiger partial charge on any atom is -0.445 e. The Morgan fingerprint density at radius 2 is 1.76 bits per heavy atom. The molecule has 7 nitrogen and oxygen atoms in total. The molecule has 0 bridgehead atoms. The normalized spacial score (nSPS) is 14.1. The topological polar surface area (TPSA) is 71.7 Å². The van der Waals surface area contributed by atoms with Crippen LogP contribution in [0, 0.1) is 5.92 Å². The van der Waals surface area contributed by atoms with Gasteiger partial charge in [-0.15, -0.1) is 0 Å². The lowest BCUT2D eigenvalue weighted by atomic mass is 9.97. The van der Waals surface area contributed by atoms with Crippen molar-refractivity contribution in [2.45, 2.75) is 19.4 Å². The van der Waals surface area contributed by atoms with Crippen LogP contribution < -0.4 is 9.80 Å². The van der Waals surface area contributed by atoms with Gasteiger partial charge in [-0.1, -0.05) is 36.4 Å². The second kappa shape index (κ2) is 11.9. The Kier molecular flexibility index (Phi) is 7.95. The Morgan fingerprint density at radius 3 is 2.45 bits per heavy atom. The standard InChI is InChI=1S/C31H32N4O3/c1-34(2)29-12-11-27(21-33-29)25-9-6-24(7-10-25)22-35(31(36)26-14-17-37-18-15-26)28-5-3-4-23(20-28)8-13-30-32-16-19-38-30/h3-13,16,19-21,26H,14-15,17-18,22H2,1-2H3. The van der Waals surface area contributed by atoms with Crippen molar-refractivity contribution in [3.8, 4) is 11.1 Å². The molecule has 1 saturated heterocycles. The zero-order valence-electron chi connectivity index (χ0n) is 21.8. The summed E-state index contributed by atoms with van der Waals surface area (Å²) in [5.41, 5.74) is 5.04. The molecule has 1 fully saturated rings. The highest BCUT2D eigenvalue weighted by atomic mass is 16.5. The number of amides is 1. The van der Waals surface area contributed by atoms with Crippen molar-refractivity contribution < 1.29 is 13.9 Å². The van der Waals surface area contributed by atoms with Gasteiger partial charge in [0.15, 0.2) is 0 Å². The Bertz CT molecular complexity index is 1360. The third-order valence-electron chi connectivity index (χ3n) is 6.72. The number of anilines is 2. The van der Waals surface area contributed by atoms with Gasteiger partial charge in [-0.2, -0.15) is 0 Å². The Morgan fingerprint density at radius 1 is 0.974 bits per heavy atom. The zero-order chi connectivity index (χ0) is 26.3. The summed E-state index contributed by atoms with van der Waals surface area (Å²) in [5.74, 6) is 1.55. The van der Waals surface area contributed by atoms with Crippen molar-refractivity contribution in [2.75, 3.05) is 37.1 Å². The van der Waals surface area contributed by atoms with Crippen LogP contribution in [0.1, 0.15) is 29.9 Å². The minimum atomic E-state index is -0.0455. The Hall–Kier alpha value is -4.23. The third kappa shape index (κ3) is 6.18. The van der Waals surface area contributed by atoms with Gasteiger partial charge in [0.1, 0.15) is 12.1 Å². The maximum atomic E-state index is 13.7. The highest BCUT2D eigenvalue weighted by Crippen LogP contribution is 2.27. The number of benzene rings is 2. The summed E-state index contributed by atoms with van der Waals surface area (Å²) < 4.78 is 10.8. The lowest BCUT2D eigenvalue weighted by molar-refractivity contribution is -0.125. The quantitative estimate of drug-likeness (QED) is 0.294. The average molecular weight is 509 g/mol. The van der Waals surface area contributed by atoms with Crippen LogP contribution in [-0.2, 0) is 16.1 Å². The van der Waals surface area contributed by atoms with Gasteiger partial charge in [-0.3, -0.25) is 4.79 Å². The molecule has 194 valence electrons. The van der Waals surface area contributed by atoms with Crippen LogP contribution in [0.2, 0.25) is 0 Å². The second-order valence-electron chi connectivity index (χ2n) is 9.61. The number of aromatic nitrogens is 2. The van der Waals surface area contributed by atoms with Gasteiger partial charge in [0.25, 0.3) is 0 Å². The van der Waals surface area contributed by atoms with Crippen LogP contribution in [0.15, 0.2) is 83.7 Å². The smallest absolute Gasteiger partial charge is 0.230 e. The molecule has 4 aromatic rings. The van der Waals surface area contributed by atoms with Gasteiger partial charge in [-0.25, -0.2) is 9.97 Å². The van der Waals surface area contributed by atoms with E-state index in [0.29, 0.717) is 25.6 Å². The number of rotatable bonds is 8. The second-order valence-corrected chi connectivity index (χ2v) is 9.61. The van der Waals surface area contributed by atoms with Gasteiger partial charge in [0.05, 0.1) is 12.7 Å². The Labute approximate surface area is 223 Å². The van der Waals surface area contributed by atoms with Crippen molar-refractivity contribution in [1.82, 2.24) is 9.97 Å². The molecule has 2 aromatic carbocycles. The van der Waals surface area contributed by atoms with Gasteiger partial charge in [0.2, 0.25) is 11.8 Å². The molecule has 0 aliphatic carbocycles. The van der Waals surface area contributed by atoms with Crippen LogP contribution >= 0.6 is 0 Å². The van der Waals surface area contributed by atoms with E-state index in [1.165, 1.54) is 0 Å². The van der Waals surface area contributed by atoms with Crippen LogP contribution in [0.3, 0.4) is 0 Å². The Balaban J connectivity index is 1.39. The summed E-state index contributed by atoms with van der Waals surface area (Å²) in [6.07, 6.45) is 10.3. The molecule has 1 aliphatic heterocycles. The summed E-state index contributed by atoms with van der Waals surface area (Å²) in [4.78, 5) is 26.3. The van der Waals surface area contributed by atoms with Crippen LogP contribution in [0.4, 0.5) is 11.5 Å². The van der Waals surface area contributed by atoms with E-state index in [-0.39, 0.29) is 11.8 Å². The first-order valence-corrected chi connectivity index (χ1v) is 12.9. The first kappa shape index (κ1) is 25.4. The van der Waals surface area contributed by atoms with E-state index in [1.807, 2.05) is 72.6 Å². The van der Waals surface area contributed by atoms with E-state index in [9.17, 15) is 4.79 Å². The minimum absolute atomic E-state index is 0.0455. The molecule has 0 saturated carbocycles. The molecule has 0 radical (unpaired) electrons. The summed E-state index contributed by atoms with van der Waals surface area (Å²) in [5, 5.41) is 0. The van der Waals surface area contributed by atoms with Crippen molar-refractivity contribution in [3.63, 3.8) is 0 Å². The summed E-state index contributed by atoms with van der Waals surface area (Å²) in [6.45, 7) is 1.73. The molecular formula is C31H32N4O3. The van der Waals surface area contributed by atoms with E-state index >= 15 is 0 Å². The molecule has 3 heterocycles. The molecule has 0 N–H and O–H groups in total. The van der Waals surface area contributed by atoms with Crippen molar-refractivity contribution in [1.29, 1.82) is 0 Å². The van der Waals surface area contributed by atoms with Gasteiger partial charge < -0.3 is 19.0 Å². The van der Waals surface area contributed by atoms with E-state index in [2.05, 4.69) is 40.3 Å². The molecule has 0 unspecified atom stereocenters. The van der Waals surface area contributed by atoms with E-state index < -0.39 is 0 Å². The fourth-order valence-electron chi connectivity index (χ4n) is 4.55. The first-order valence-electron chi connectivity index (χ1n) is 12.9. The molecule has 0 spiro atoms. The number of hydrogen-bond donors (Lipinski definition) is 0. The highest BCUT2D eigenvalue weighted by Gasteiger charge is 2.27. The first-order chi connectivity index (χ1) is 18.6. The SMILES string of the molecule is CN(C)c1ccc(-c2ccc(CN(C(=O)C3CCOCC3)c3cccc(C=Cc4ncco4)c3)cc2)cn1. The number of hydrogen-bond acceptors (Lipinski definition) is 6. The number of pyridine rings is 1. The largest absolute Gasteiger partial charge is 0.445 e. The van der Waals surface area contributed by atoms with Crippen LogP contribution in [0.5, 0.6) is 0 Å². The van der Waals surface area contributed by atoms with Gasteiger partial charge in [0, 0.05) is 56.8 Å². The lowest BCUT2D eigenvalue weighted by Gasteiger charge is -2.30. The number of ether oxygens (including phenoxy) is 1. The lowest BCUT2D eigenvalue weighted by Crippen LogP contribution is -2.38. The van der Waals surface area contributed by atoms with E-state index in [4.69, 9.17) is 9.15 Å². The molecular weight excluding hydrogens is 476 g/mol. The monoisotopic (exact) mass is 508 g/mol. The van der Waals surface area contributed by atoms with Crippen LogP contribution in [0.25, 0.3) is 23.3 Å². The summed E-state index contributed by atoms with van der Waals surface area (Å²) in [6, 6.07) is 20.5. The van der Waals surface area contributed by atoms with Crippen molar-refractivity contribution >= 4 is 29.6 Å². The maximum absolute atomic E-state index is 13.7. The van der Waals surface area contributed by atoms with Gasteiger partial charge in [-0.05, 0) is 59.9 Å². The van der Waals surface area contributed by atoms with E-state index in [0.717, 1.165) is 46.6 Å².